The molecule has 0 aromatic carbocycles. The van der Waals surface area contributed by atoms with Crippen molar-refractivity contribution in [3.8, 4) is 0 Å². The van der Waals surface area contributed by atoms with Gasteiger partial charge in [0.25, 0.3) is 0 Å². The zero-order chi connectivity index (χ0) is 11.8. The summed E-state index contributed by atoms with van der Waals surface area (Å²) in [6, 6.07) is 0. The molecule has 0 aliphatic rings. The van der Waals surface area contributed by atoms with Gasteiger partial charge < -0.3 is 14.7 Å². The van der Waals surface area contributed by atoms with E-state index in [1.807, 2.05) is 20.8 Å². The third-order valence-electron chi connectivity index (χ3n) is 2.64. The molecule has 0 aromatic rings. The highest BCUT2D eigenvalue weighted by Gasteiger charge is 2.22. The van der Waals surface area contributed by atoms with Crippen molar-refractivity contribution in [2.24, 2.45) is 11.8 Å². The van der Waals surface area contributed by atoms with E-state index in [9.17, 15) is 4.79 Å². The minimum Gasteiger partial charge on any atom is -0.395 e. The molecule has 0 aromatic heterocycles. The van der Waals surface area contributed by atoms with Crippen LogP contribution in [-0.4, -0.2) is 49.3 Å². The van der Waals surface area contributed by atoms with Crippen molar-refractivity contribution in [3.63, 3.8) is 0 Å². The first kappa shape index (κ1) is 14.4. The largest absolute Gasteiger partial charge is 0.395 e. The average molecular weight is 217 g/mol. The van der Waals surface area contributed by atoms with Crippen LogP contribution in [0.25, 0.3) is 0 Å². The van der Waals surface area contributed by atoms with Crippen molar-refractivity contribution in [1.29, 1.82) is 0 Å². The van der Waals surface area contributed by atoms with Gasteiger partial charge in [-0.3, -0.25) is 4.79 Å². The SMILES string of the molecule is COCCN(CCO)C(=O)C(C)C(C)C. The number of hydrogen-bond acceptors (Lipinski definition) is 3. The number of nitrogens with zero attached hydrogens (tertiary/aromatic N) is 1. The monoisotopic (exact) mass is 217 g/mol. The van der Waals surface area contributed by atoms with Crippen LogP contribution in [0.1, 0.15) is 20.8 Å². The van der Waals surface area contributed by atoms with E-state index in [4.69, 9.17) is 9.84 Å². The molecule has 4 nitrogen and oxygen atoms in total. The lowest BCUT2D eigenvalue weighted by Crippen LogP contribution is -2.40. The number of hydrogen-bond donors (Lipinski definition) is 1. The van der Waals surface area contributed by atoms with E-state index in [1.54, 1.807) is 12.0 Å². The van der Waals surface area contributed by atoms with Crippen molar-refractivity contribution in [3.05, 3.63) is 0 Å². The van der Waals surface area contributed by atoms with Crippen LogP contribution >= 0.6 is 0 Å². The molecule has 1 atom stereocenters. The number of aliphatic hydroxyl groups excluding tert-OH is 1. The van der Waals surface area contributed by atoms with Crippen LogP contribution in [-0.2, 0) is 9.53 Å². The second-order valence-electron chi connectivity index (χ2n) is 4.07. The molecule has 0 heterocycles. The lowest BCUT2D eigenvalue weighted by atomic mass is 9.96. The Labute approximate surface area is 92.2 Å². The Balaban J connectivity index is 4.26. The molecule has 1 N–H and O–H groups in total. The van der Waals surface area contributed by atoms with E-state index < -0.39 is 0 Å². The summed E-state index contributed by atoms with van der Waals surface area (Å²) in [6.07, 6.45) is 0. The van der Waals surface area contributed by atoms with E-state index in [-0.39, 0.29) is 18.4 Å². The van der Waals surface area contributed by atoms with Gasteiger partial charge in [-0.1, -0.05) is 20.8 Å². The van der Waals surface area contributed by atoms with Gasteiger partial charge in [0, 0.05) is 26.1 Å². The number of aliphatic hydroxyl groups is 1. The lowest BCUT2D eigenvalue weighted by Gasteiger charge is -2.26. The first-order valence-corrected chi connectivity index (χ1v) is 5.43. The second kappa shape index (κ2) is 7.65. The summed E-state index contributed by atoms with van der Waals surface area (Å²) in [4.78, 5) is 13.6. The molecular formula is C11H23NO3. The maximum Gasteiger partial charge on any atom is 0.225 e. The van der Waals surface area contributed by atoms with Gasteiger partial charge in [0.15, 0.2) is 0 Å². The Morgan fingerprint density at radius 2 is 1.93 bits per heavy atom. The number of amides is 1. The van der Waals surface area contributed by atoms with Gasteiger partial charge in [-0.05, 0) is 5.92 Å². The van der Waals surface area contributed by atoms with Crippen LogP contribution in [0.5, 0.6) is 0 Å². The van der Waals surface area contributed by atoms with Gasteiger partial charge in [-0.25, -0.2) is 0 Å². The van der Waals surface area contributed by atoms with E-state index in [0.717, 1.165) is 0 Å². The summed E-state index contributed by atoms with van der Waals surface area (Å²) in [5.74, 6) is 0.408. The molecule has 0 bridgehead atoms. The quantitative estimate of drug-likeness (QED) is 0.684. The van der Waals surface area contributed by atoms with E-state index >= 15 is 0 Å². The summed E-state index contributed by atoms with van der Waals surface area (Å²) in [7, 11) is 1.60. The van der Waals surface area contributed by atoms with Crippen LogP contribution in [0.15, 0.2) is 0 Å². The minimum atomic E-state index is -0.00611. The Morgan fingerprint density at radius 3 is 2.33 bits per heavy atom. The van der Waals surface area contributed by atoms with Crippen molar-refractivity contribution >= 4 is 5.91 Å². The lowest BCUT2D eigenvalue weighted by molar-refractivity contribution is -0.137. The highest BCUT2D eigenvalue weighted by atomic mass is 16.5. The number of methoxy groups -OCH3 is 1. The van der Waals surface area contributed by atoms with E-state index in [2.05, 4.69) is 0 Å². The second-order valence-corrected chi connectivity index (χ2v) is 4.07. The highest BCUT2D eigenvalue weighted by Crippen LogP contribution is 2.13. The molecule has 1 unspecified atom stereocenters. The number of carbonyl (C=O) groups excluding carboxylic acids is 1. The fourth-order valence-corrected chi connectivity index (χ4v) is 1.23. The van der Waals surface area contributed by atoms with Gasteiger partial charge in [0.05, 0.1) is 13.2 Å². The average Bonchev–Trinajstić information content (AvgIpc) is 2.22. The molecule has 0 saturated heterocycles. The molecule has 0 aliphatic carbocycles. The number of ether oxygens (including phenoxy) is 1. The fourth-order valence-electron chi connectivity index (χ4n) is 1.23. The third kappa shape index (κ3) is 5.14. The zero-order valence-electron chi connectivity index (χ0n) is 10.2. The maximum atomic E-state index is 11.9. The molecule has 15 heavy (non-hydrogen) atoms. The first-order valence-electron chi connectivity index (χ1n) is 5.43. The Bertz CT molecular complexity index is 183. The smallest absolute Gasteiger partial charge is 0.225 e. The normalized spacial score (nSPS) is 12.9. The minimum absolute atomic E-state index is 0.000267. The molecule has 90 valence electrons. The third-order valence-corrected chi connectivity index (χ3v) is 2.64. The molecule has 1 amide bonds. The highest BCUT2D eigenvalue weighted by molar-refractivity contribution is 5.78. The van der Waals surface area contributed by atoms with Gasteiger partial charge in [-0.15, -0.1) is 0 Å². The molecule has 0 spiro atoms. The van der Waals surface area contributed by atoms with Gasteiger partial charge in [0.1, 0.15) is 0 Å². The van der Waals surface area contributed by atoms with Crippen LogP contribution < -0.4 is 0 Å². The van der Waals surface area contributed by atoms with Crippen LogP contribution in [0, 0.1) is 11.8 Å². The summed E-state index contributed by atoms with van der Waals surface area (Å²) in [6.45, 7) is 7.42. The Kier molecular flexibility index (Phi) is 7.34. The van der Waals surface area contributed by atoms with Crippen molar-refractivity contribution in [2.75, 3.05) is 33.4 Å². The maximum absolute atomic E-state index is 11.9. The standard InChI is InChI=1S/C11H23NO3/c1-9(2)10(3)11(14)12(5-7-13)6-8-15-4/h9-10,13H,5-8H2,1-4H3. The predicted molar refractivity (Wildman–Crippen MR) is 59.5 cm³/mol. The fraction of sp³-hybridized carbons (Fsp3) is 0.909. The summed E-state index contributed by atoms with van der Waals surface area (Å²) in [5.41, 5.74) is 0. The van der Waals surface area contributed by atoms with Gasteiger partial charge in [-0.2, -0.15) is 0 Å². The molecule has 0 radical (unpaired) electrons. The number of rotatable bonds is 7. The molecule has 0 fully saturated rings. The van der Waals surface area contributed by atoms with Crippen LogP contribution in [0.3, 0.4) is 0 Å². The predicted octanol–water partition coefficient (Wildman–Crippen LogP) is 0.746. The van der Waals surface area contributed by atoms with Crippen molar-refractivity contribution in [1.82, 2.24) is 4.90 Å². The topological polar surface area (TPSA) is 49.8 Å². The Hall–Kier alpha value is -0.610. The summed E-state index contributed by atoms with van der Waals surface area (Å²) < 4.78 is 4.93. The van der Waals surface area contributed by atoms with Gasteiger partial charge >= 0.3 is 0 Å². The first-order chi connectivity index (χ1) is 7.04. The molecule has 4 heteroatoms. The number of carbonyl (C=O) groups is 1. The summed E-state index contributed by atoms with van der Waals surface area (Å²) in [5, 5.41) is 8.87. The Morgan fingerprint density at radius 1 is 1.33 bits per heavy atom. The van der Waals surface area contributed by atoms with Crippen molar-refractivity contribution in [2.45, 2.75) is 20.8 Å². The van der Waals surface area contributed by atoms with Crippen LogP contribution in [0.4, 0.5) is 0 Å². The van der Waals surface area contributed by atoms with Gasteiger partial charge in [0.2, 0.25) is 5.91 Å². The molecule has 0 aliphatic heterocycles. The van der Waals surface area contributed by atoms with E-state index in [0.29, 0.717) is 25.6 Å². The van der Waals surface area contributed by atoms with Crippen molar-refractivity contribution < 1.29 is 14.6 Å². The molecular weight excluding hydrogens is 194 g/mol. The summed E-state index contributed by atoms with van der Waals surface area (Å²) >= 11 is 0. The zero-order valence-corrected chi connectivity index (χ0v) is 10.2. The molecule has 0 rings (SSSR count). The van der Waals surface area contributed by atoms with E-state index in [1.165, 1.54) is 0 Å². The molecule has 0 saturated carbocycles. The van der Waals surface area contributed by atoms with Crippen LogP contribution in [0.2, 0.25) is 0 Å².